The van der Waals surface area contributed by atoms with Gasteiger partial charge in [0.15, 0.2) is 0 Å². The van der Waals surface area contributed by atoms with Gasteiger partial charge < -0.3 is 10.6 Å². The van der Waals surface area contributed by atoms with E-state index in [9.17, 15) is 4.79 Å². The number of benzene rings is 1. The number of aromatic nitrogens is 4. The number of amides is 1. The molecule has 0 fully saturated rings. The number of hydrogen-bond acceptors (Lipinski definition) is 5. The standard InChI is InChI=1S/C18H14Cl2N6O/c1-10-15(17(27)25-14-4-2-3-7-21-14)16(26-18(24-10)22-9-23-26)12-6-5-11(19)8-13(12)20/h2-9,15-16H,1H2,(H,21,25,27)(H,22,23,24). The van der Waals surface area contributed by atoms with Crippen molar-refractivity contribution < 1.29 is 4.79 Å². The number of nitrogens with one attached hydrogen (secondary N) is 2. The minimum atomic E-state index is -0.695. The van der Waals surface area contributed by atoms with Crippen LogP contribution in [0.1, 0.15) is 11.6 Å². The fraction of sp³-hybridized carbons (Fsp3) is 0.111. The van der Waals surface area contributed by atoms with Gasteiger partial charge in [-0.25, -0.2) is 9.67 Å². The Hall–Kier alpha value is -2.90. The van der Waals surface area contributed by atoms with Gasteiger partial charge in [-0.1, -0.05) is 41.9 Å². The molecule has 1 aliphatic rings. The van der Waals surface area contributed by atoms with E-state index in [1.54, 1.807) is 47.3 Å². The van der Waals surface area contributed by atoms with Crippen molar-refractivity contribution in [3.05, 3.63) is 76.8 Å². The van der Waals surface area contributed by atoms with Crippen molar-refractivity contribution >= 4 is 40.9 Å². The molecule has 4 rings (SSSR count). The molecule has 27 heavy (non-hydrogen) atoms. The topological polar surface area (TPSA) is 84.7 Å². The third-order valence-electron chi connectivity index (χ3n) is 4.28. The minimum absolute atomic E-state index is 0.289. The highest BCUT2D eigenvalue weighted by atomic mass is 35.5. The van der Waals surface area contributed by atoms with Crippen molar-refractivity contribution in [2.45, 2.75) is 6.04 Å². The first-order valence-corrected chi connectivity index (χ1v) is 8.82. The second-order valence-electron chi connectivity index (χ2n) is 5.97. The monoisotopic (exact) mass is 400 g/mol. The first kappa shape index (κ1) is 17.5. The lowest BCUT2D eigenvalue weighted by Crippen LogP contribution is -2.39. The van der Waals surface area contributed by atoms with Gasteiger partial charge in [0, 0.05) is 21.9 Å². The van der Waals surface area contributed by atoms with Crippen LogP contribution in [0.5, 0.6) is 0 Å². The van der Waals surface area contributed by atoms with E-state index in [2.05, 4.69) is 32.3 Å². The maximum Gasteiger partial charge on any atom is 0.237 e. The normalized spacial score (nSPS) is 18.5. The zero-order valence-corrected chi connectivity index (χ0v) is 15.4. The van der Waals surface area contributed by atoms with E-state index < -0.39 is 12.0 Å². The van der Waals surface area contributed by atoms with Crippen LogP contribution in [0.15, 0.2) is 61.2 Å². The quantitative estimate of drug-likeness (QED) is 0.698. The van der Waals surface area contributed by atoms with Gasteiger partial charge in [0.05, 0.1) is 6.04 Å². The molecule has 0 saturated heterocycles. The Morgan fingerprint density at radius 2 is 2.07 bits per heavy atom. The third kappa shape index (κ3) is 3.27. The molecule has 0 aliphatic carbocycles. The number of hydrogen-bond donors (Lipinski definition) is 2. The zero-order valence-electron chi connectivity index (χ0n) is 13.9. The molecule has 2 unspecified atom stereocenters. The lowest BCUT2D eigenvalue weighted by atomic mass is 9.88. The van der Waals surface area contributed by atoms with Gasteiger partial charge >= 0.3 is 0 Å². The molecule has 9 heteroatoms. The van der Waals surface area contributed by atoms with E-state index in [-0.39, 0.29) is 5.91 Å². The maximum atomic E-state index is 13.1. The average molecular weight is 401 g/mol. The zero-order chi connectivity index (χ0) is 19.0. The number of nitrogens with zero attached hydrogens (tertiary/aromatic N) is 4. The fourth-order valence-electron chi connectivity index (χ4n) is 3.09. The van der Waals surface area contributed by atoms with Crippen molar-refractivity contribution in [3.8, 4) is 0 Å². The number of rotatable bonds is 3. The highest BCUT2D eigenvalue weighted by molar-refractivity contribution is 6.35. The summed E-state index contributed by atoms with van der Waals surface area (Å²) in [7, 11) is 0. The molecule has 0 radical (unpaired) electrons. The summed E-state index contributed by atoms with van der Waals surface area (Å²) in [6.07, 6.45) is 3.01. The predicted octanol–water partition coefficient (Wildman–Crippen LogP) is 3.76. The molecule has 3 aromatic rings. The van der Waals surface area contributed by atoms with Gasteiger partial charge in [-0.3, -0.25) is 4.79 Å². The Bertz CT molecular complexity index is 1020. The van der Waals surface area contributed by atoms with E-state index in [1.165, 1.54) is 6.33 Å². The number of carbonyl (C=O) groups is 1. The second-order valence-corrected chi connectivity index (χ2v) is 6.81. The van der Waals surface area contributed by atoms with Crippen molar-refractivity contribution in [1.82, 2.24) is 19.7 Å². The Morgan fingerprint density at radius 1 is 1.22 bits per heavy atom. The summed E-state index contributed by atoms with van der Waals surface area (Å²) in [5, 5.41) is 11.0. The van der Waals surface area contributed by atoms with Crippen LogP contribution in [-0.4, -0.2) is 25.7 Å². The molecule has 1 aromatic carbocycles. The van der Waals surface area contributed by atoms with Crippen molar-refractivity contribution in [1.29, 1.82) is 0 Å². The van der Waals surface area contributed by atoms with E-state index in [0.29, 0.717) is 33.1 Å². The Kier molecular flexibility index (Phi) is 4.55. The summed E-state index contributed by atoms with van der Waals surface area (Å²) < 4.78 is 1.62. The number of anilines is 2. The number of carbonyl (C=O) groups excluding carboxylic acids is 1. The lowest BCUT2D eigenvalue weighted by molar-refractivity contribution is -0.119. The van der Waals surface area contributed by atoms with Gasteiger partial charge in [0.25, 0.3) is 0 Å². The van der Waals surface area contributed by atoms with Crippen LogP contribution >= 0.6 is 23.2 Å². The number of fused-ring (bicyclic) bond motifs is 1. The molecule has 2 N–H and O–H groups in total. The van der Waals surface area contributed by atoms with Crippen molar-refractivity contribution in [2.75, 3.05) is 10.6 Å². The van der Waals surface area contributed by atoms with Gasteiger partial charge in [-0.15, -0.1) is 0 Å². The van der Waals surface area contributed by atoms with Crippen LogP contribution < -0.4 is 10.6 Å². The molecule has 0 saturated carbocycles. The van der Waals surface area contributed by atoms with E-state index >= 15 is 0 Å². The third-order valence-corrected chi connectivity index (χ3v) is 4.84. The Morgan fingerprint density at radius 3 is 2.81 bits per heavy atom. The van der Waals surface area contributed by atoms with Crippen LogP contribution in [0.3, 0.4) is 0 Å². The summed E-state index contributed by atoms with van der Waals surface area (Å²) in [5.41, 5.74) is 1.18. The van der Waals surface area contributed by atoms with Crippen LogP contribution in [0, 0.1) is 5.92 Å². The van der Waals surface area contributed by atoms with Crippen LogP contribution in [0.2, 0.25) is 10.0 Å². The first-order valence-electron chi connectivity index (χ1n) is 8.07. The van der Waals surface area contributed by atoms with Crippen LogP contribution in [0.25, 0.3) is 0 Å². The SMILES string of the molecule is C=C1Nc2ncnn2C(c2ccc(Cl)cc2Cl)C1C(=O)Nc1ccccn1. The van der Waals surface area contributed by atoms with Crippen molar-refractivity contribution in [2.24, 2.45) is 5.92 Å². The van der Waals surface area contributed by atoms with Crippen molar-refractivity contribution in [3.63, 3.8) is 0 Å². The molecule has 0 bridgehead atoms. The summed E-state index contributed by atoms with van der Waals surface area (Å²) in [6.45, 7) is 4.02. The molecule has 1 aliphatic heterocycles. The molecule has 0 spiro atoms. The van der Waals surface area contributed by atoms with E-state index in [4.69, 9.17) is 23.2 Å². The lowest BCUT2D eigenvalue weighted by Gasteiger charge is -2.34. The summed E-state index contributed by atoms with van der Waals surface area (Å²) in [4.78, 5) is 21.4. The van der Waals surface area contributed by atoms with Gasteiger partial charge in [-0.05, 0) is 29.8 Å². The molecule has 2 aromatic heterocycles. The largest absolute Gasteiger partial charge is 0.328 e. The molecule has 1 amide bonds. The average Bonchev–Trinajstić information content (AvgIpc) is 3.09. The number of halogens is 2. The molecule has 2 atom stereocenters. The smallest absolute Gasteiger partial charge is 0.237 e. The minimum Gasteiger partial charge on any atom is -0.328 e. The van der Waals surface area contributed by atoms with Crippen LogP contribution in [-0.2, 0) is 4.79 Å². The summed E-state index contributed by atoms with van der Waals surface area (Å²) in [5.74, 6) is -0.0539. The first-order chi connectivity index (χ1) is 13.0. The molecular weight excluding hydrogens is 387 g/mol. The molecular formula is C18H14Cl2N6O. The molecule has 7 nitrogen and oxygen atoms in total. The highest BCUT2D eigenvalue weighted by Crippen LogP contribution is 2.40. The molecule has 136 valence electrons. The number of pyridine rings is 1. The van der Waals surface area contributed by atoms with Crippen LogP contribution in [0.4, 0.5) is 11.8 Å². The van der Waals surface area contributed by atoms with Gasteiger partial charge in [-0.2, -0.15) is 10.1 Å². The summed E-state index contributed by atoms with van der Waals surface area (Å²) in [6, 6.07) is 9.87. The second kappa shape index (κ2) is 7.02. The van der Waals surface area contributed by atoms with Gasteiger partial charge in [0.2, 0.25) is 11.9 Å². The maximum absolute atomic E-state index is 13.1. The fourth-order valence-corrected chi connectivity index (χ4v) is 3.61. The summed E-state index contributed by atoms with van der Waals surface area (Å²) >= 11 is 12.5. The predicted molar refractivity (Wildman–Crippen MR) is 104 cm³/mol. The Labute approximate surface area is 165 Å². The highest BCUT2D eigenvalue weighted by Gasteiger charge is 2.40. The Balaban J connectivity index is 1.78. The van der Waals surface area contributed by atoms with E-state index in [1.807, 2.05) is 0 Å². The van der Waals surface area contributed by atoms with Gasteiger partial charge in [0.1, 0.15) is 18.1 Å². The van der Waals surface area contributed by atoms with E-state index in [0.717, 1.165) is 0 Å². The molecule has 3 heterocycles.